The first-order chi connectivity index (χ1) is 7.31. The van der Waals surface area contributed by atoms with Crippen LogP contribution in [0, 0.1) is 0 Å². The second kappa shape index (κ2) is 4.57. The van der Waals surface area contributed by atoms with E-state index in [-0.39, 0.29) is 0 Å². The lowest BCUT2D eigenvalue weighted by molar-refractivity contribution is 0.277. The lowest BCUT2D eigenvalue weighted by Crippen LogP contribution is -2.28. The number of likely N-dealkylation sites (N-methyl/N-ethyl adjacent to an activating group) is 1. The fourth-order valence-electron chi connectivity index (χ4n) is 1.78. The van der Waals surface area contributed by atoms with Gasteiger partial charge in [0.05, 0.1) is 12.3 Å². The molecule has 0 N–H and O–H groups in total. The van der Waals surface area contributed by atoms with Gasteiger partial charge in [-0.2, -0.15) is 0 Å². The summed E-state index contributed by atoms with van der Waals surface area (Å²) in [6.45, 7) is 4.80. The van der Waals surface area contributed by atoms with Crippen LogP contribution in [-0.2, 0) is 13.0 Å². The molecule has 0 amide bonds. The first-order valence-electron chi connectivity index (χ1n) is 5.45. The molecule has 4 nitrogen and oxygen atoms in total. The summed E-state index contributed by atoms with van der Waals surface area (Å²) in [7, 11) is 2.11. The topological polar surface area (TPSA) is 38.3 Å². The van der Waals surface area contributed by atoms with Gasteiger partial charge in [-0.3, -0.25) is 0 Å². The van der Waals surface area contributed by atoms with Crippen molar-refractivity contribution >= 4 is 0 Å². The van der Waals surface area contributed by atoms with Crippen LogP contribution in [0.25, 0.3) is 0 Å². The maximum Gasteiger partial charge on any atom is 0.219 e. The SMILES string of the molecule is CCCOc1ncnc2c1CCN(C)C2. The zero-order chi connectivity index (χ0) is 10.7. The first kappa shape index (κ1) is 10.4. The molecule has 2 rings (SSSR count). The Morgan fingerprint density at radius 2 is 2.33 bits per heavy atom. The summed E-state index contributed by atoms with van der Waals surface area (Å²) in [5, 5.41) is 0. The minimum Gasteiger partial charge on any atom is -0.477 e. The summed E-state index contributed by atoms with van der Waals surface area (Å²) >= 11 is 0. The van der Waals surface area contributed by atoms with Gasteiger partial charge in [0, 0.05) is 18.7 Å². The highest BCUT2D eigenvalue weighted by Crippen LogP contribution is 2.23. The predicted molar refractivity (Wildman–Crippen MR) is 57.9 cm³/mol. The van der Waals surface area contributed by atoms with Crippen molar-refractivity contribution in [2.45, 2.75) is 26.3 Å². The number of fused-ring (bicyclic) bond motifs is 1. The molecule has 0 fully saturated rings. The maximum atomic E-state index is 5.62. The van der Waals surface area contributed by atoms with E-state index in [0.717, 1.165) is 44.1 Å². The predicted octanol–water partition coefficient (Wildman–Crippen LogP) is 1.25. The van der Waals surface area contributed by atoms with Crippen molar-refractivity contribution in [2.75, 3.05) is 20.2 Å². The van der Waals surface area contributed by atoms with E-state index < -0.39 is 0 Å². The van der Waals surface area contributed by atoms with Gasteiger partial charge in [0.1, 0.15) is 6.33 Å². The maximum absolute atomic E-state index is 5.62. The van der Waals surface area contributed by atoms with Crippen molar-refractivity contribution in [3.8, 4) is 5.88 Å². The molecule has 1 aromatic rings. The molecular weight excluding hydrogens is 190 g/mol. The molecule has 0 aliphatic carbocycles. The Balaban J connectivity index is 2.21. The van der Waals surface area contributed by atoms with Gasteiger partial charge >= 0.3 is 0 Å². The van der Waals surface area contributed by atoms with Crippen molar-refractivity contribution in [2.24, 2.45) is 0 Å². The average molecular weight is 207 g/mol. The Morgan fingerprint density at radius 3 is 3.13 bits per heavy atom. The van der Waals surface area contributed by atoms with E-state index >= 15 is 0 Å². The molecule has 0 atom stereocenters. The van der Waals surface area contributed by atoms with Crippen LogP contribution >= 0.6 is 0 Å². The Hall–Kier alpha value is -1.16. The van der Waals surface area contributed by atoms with Crippen molar-refractivity contribution in [3.63, 3.8) is 0 Å². The molecule has 0 aromatic carbocycles. The minimum absolute atomic E-state index is 0.735. The van der Waals surface area contributed by atoms with Crippen molar-refractivity contribution in [1.82, 2.24) is 14.9 Å². The zero-order valence-electron chi connectivity index (χ0n) is 9.36. The summed E-state index contributed by atoms with van der Waals surface area (Å²) in [4.78, 5) is 10.8. The third-order valence-electron chi connectivity index (χ3n) is 2.60. The third-order valence-corrected chi connectivity index (χ3v) is 2.60. The van der Waals surface area contributed by atoms with Gasteiger partial charge in [0.25, 0.3) is 0 Å². The van der Waals surface area contributed by atoms with E-state index in [0.29, 0.717) is 0 Å². The highest BCUT2D eigenvalue weighted by molar-refractivity contribution is 5.31. The minimum atomic E-state index is 0.735. The fourth-order valence-corrected chi connectivity index (χ4v) is 1.78. The van der Waals surface area contributed by atoms with Crippen molar-refractivity contribution in [3.05, 3.63) is 17.6 Å². The first-order valence-corrected chi connectivity index (χ1v) is 5.45. The van der Waals surface area contributed by atoms with Crippen molar-refractivity contribution < 1.29 is 4.74 Å². The van der Waals surface area contributed by atoms with Crippen LogP contribution in [0.2, 0.25) is 0 Å². The van der Waals surface area contributed by atoms with Crippen LogP contribution < -0.4 is 4.74 Å². The summed E-state index contributed by atoms with van der Waals surface area (Å²) in [6.07, 6.45) is 3.60. The van der Waals surface area contributed by atoms with Gasteiger partial charge in [-0.25, -0.2) is 9.97 Å². The lowest BCUT2D eigenvalue weighted by atomic mass is 10.1. The van der Waals surface area contributed by atoms with E-state index in [2.05, 4.69) is 28.8 Å². The lowest BCUT2D eigenvalue weighted by Gasteiger charge is -2.24. The third kappa shape index (κ3) is 2.26. The molecule has 0 spiro atoms. The molecule has 4 heteroatoms. The molecule has 82 valence electrons. The smallest absolute Gasteiger partial charge is 0.219 e. The number of hydrogen-bond acceptors (Lipinski definition) is 4. The Bertz CT molecular complexity index is 341. The molecule has 0 saturated heterocycles. The van der Waals surface area contributed by atoms with Gasteiger partial charge in [0.2, 0.25) is 5.88 Å². The van der Waals surface area contributed by atoms with E-state index in [1.54, 1.807) is 6.33 Å². The van der Waals surface area contributed by atoms with Gasteiger partial charge in [-0.1, -0.05) is 6.92 Å². The molecule has 0 unspecified atom stereocenters. The molecule has 0 radical (unpaired) electrons. The average Bonchev–Trinajstić information content (AvgIpc) is 2.25. The van der Waals surface area contributed by atoms with Gasteiger partial charge in [0.15, 0.2) is 0 Å². The number of ether oxygens (including phenoxy) is 1. The summed E-state index contributed by atoms with van der Waals surface area (Å²) < 4.78 is 5.62. The monoisotopic (exact) mass is 207 g/mol. The number of hydrogen-bond donors (Lipinski definition) is 0. The van der Waals surface area contributed by atoms with E-state index in [1.807, 2.05) is 0 Å². The fraction of sp³-hybridized carbons (Fsp3) is 0.636. The molecule has 0 saturated carbocycles. The molecule has 15 heavy (non-hydrogen) atoms. The van der Waals surface area contributed by atoms with E-state index in [1.165, 1.54) is 5.56 Å². The second-order valence-corrected chi connectivity index (χ2v) is 3.94. The van der Waals surface area contributed by atoms with Crippen LogP contribution in [0.15, 0.2) is 6.33 Å². The Kier molecular flexibility index (Phi) is 3.16. The van der Waals surface area contributed by atoms with E-state index in [9.17, 15) is 0 Å². The summed E-state index contributed by atoms with van der Waals surface area (Å²) in [6, 6.07) is 0. The number of nitrogens with zero attached hydrogens (tertiary/aromatic N) is 3. The Morgan fingerprint density at radius 1 is 1.47 bits per heavy atom. The van der Waals surface area contributed by atoms with Crippen LogP contribution in [-0.4, -0.2) is 35.1 Å². The molecule has 1 aliphatic heterocycles. The zero-order valence-corrected chi connectivity index (χ0v) is 9.36. The van der Waals surface area contributed by atoms with Crippen LogP contribution in [0.5, 0.6) is 5.88 Å². The highest BCUT2D eigenvalue weighted by atomic mass is 16.5. The van der Waals surface area contributed by atoms with Crippen LogP contribution in [0.3, 0.4) is 0 Å². The number of aromatic nitrogens is 2. The molecule has 1 aliphatic rings. The Labute approximate surface area is 90.3 Å². The van der Waals surface area contributed by atoms with Gasteiger partial charge in [-0.05, 0) is 19.9 Å². The molecule has 0 bridgehead atoms. The quantitative estimate of drug-likeness (QED) is 0.747. The van der Waals surface area contributed by atoms with E-state index in [4.69, 9.17) is 4.74 Å². The van der Waals surface area contributed by atoms with Crippen LogP contribution in [0.1, 0.15) is 24.6 Å². The second-order valence-electron chi connectivity index (χ2n) is 3.94. The highest BCUT2D eigenvalue weighted by Gasteiger charge is 2.18. The largest absolute Gasteiger partial charge is 0.477 e. The summed E-state index contributed by atoms with van der Waals surface area (Å²) in [5.74, 6) is 0.787. The van der Waals surface area contributed by atoms with Crippen molar-refractivity contribution in [1.29, 1.82) is 0 Å². The number of rotatable bonds is 3. The molecule has 1 aromatic heterocycles. The van der Waals surface area contributed by atoms with Gasteiger partial charge in [-0.15, -0.1) is 0 Å². The standard InChI is InChI=1S/C11H17N3O/c1-3-6-15-11-9-4-5-14(2)7-10(9)12-8-13-11/h8H,3-7H2,1-2H3. The molecule has 2 heterocycles. The normalized spacial score (nSPS) is 16.1. The summed E-state index contributed by atoms with van der Waals surface area (Å²) in [5.41, 5.74) is 2.31. The molecular formula is C11H17N3O. The van der Waals surface area contributed by atoms with Gasteiger partial charge < -0.3 is 9.64 Å². The van der Waals surface area contributed by atoms with Crippen LogP contribution in [0.4, 0.5) is 0 Å².